The summed E-state index contributed by atoms with van der Waals surface area (Å²) in [4.78, 5) is 29.1. The van der Waals surface area contributed by atoms with Crippen molar-refractivity contribution in [1.29, 1.82) is 0 Å². The average molecular weight is 470 g/mol. The van der Waals surface area contributed by atoms with Crippen LogP contribution in [0.15, 0.2) is 47.2 Å². The smallest absolute Gasteiger partial charge is 0.319 e. The van der Waals surface area contributed by atoms with Gasteiger partial charge in [0.05, 0.1) is 11.3 Å². The third-order valence-electron chi connectivity index (χ3n) is 6.07. The highest BCUT2D eigenvalue weighted by Gasteiger charge is 2.33. The van der Waals surface area contributed by atoms with E-state index in [4.69, 9.17) is 5.10 Å². The van der Waals surface area contributed by atoms with E-state index in [-0.39, 0.29) is 23.7 Å². The van der Waals surface area contributed by atoms with Crippen molar-refractivity contribution < 1.29 is 14.0 Å². The highest BCUT2D eigenvalue weighted by atomic mass is 32.1. The Morgan fingerprint density at radius 2 is 2.00 bits per heavy atom. The van der Waals surface area contributed by atoms with Gasteiger partial charge in [0.15, 0.2) is 0 Å². The van der Waals surface area contributed by atoms with Gasteiger partial charge in [0.25, 0.3) is 5.91 Å². The molecule has 33 heavy (non-hydrogen) atoms. The number of benzene rings is 1. The molecule has 1 fully saturated rings. The first-order chi connectivity index (χ1) is 15.8. The first kappa shape index (κ1) is 23.0. The molecule has 3 aromatic rings. The van der Waals surface area contributed by atoms with Crippen LogP contribution in [0.1, 0.15) is 40.9 Å². The summed E-state index contributed by atoms with van der Waals surface area (Å²) < 4.78 is 14.7. The van der Waals surface area contributed by atoms with Gasteiger partial charge in [-0.2, -0.15) is 21.1 Å². The number of rotatable bonds is 5. The van der Waals surface area contributed by atoms with Crippen molar-refractivity contribution in [2.75, 3.05) is 32.5 Å². The van der Waals surface area contributed by atoms with Gasteiger partial charge >= 0.3 is 6.03 Å². The Balaban J connectivity index is 1.62. The summed E-state index contributed by atoms with van der Waals surface area (Å²) in [6.07, 6.45) is 0.869. The summed E-state index contributed by atoms with van der Waals surface area (Å²) in [6, 6.07) is 9.90. The Morgan fingerprint density at radius 1 is 1.24 bits per heavy atom. The molecule has 1 saturated heterocycles. The average Bonchev–Trinajstić information content (AvgIpc) is 3.48. The molecule has 2 aromatic heterocycles. The summed E-state index contributed by atoms with van der Waals surface area (Å²) in [6.45, 7) is 3.85. The van der Waals surface area contributed by atoms with Gasteiger partial charge in [-0.25, -0.2) is 9.18 Å². The molecule has 1 aromatic carbocycles. The second-order valence-electron chi connectivity index (χ2n) is 8.66. The molecule has 0 aliphatic carbocycles. The molecule has 0 saturated carbocycles. The zero-order chi connectivity index (χ0) is 23.5. The molecule has 1 aliphatic rings. The molecule has 1 aliphatic heterocycles. The number of thiophene rings is 1. The normalized spacial score (nSPS) is 18.2. The molecular weight excluding hydrogens is 441 g/mol. The number of carbonyl (C=O) groups excluding carboxylic acids is 2. The fourth-order valence-electron chi connectivity index (χ4n) is 4.08. The predicted molar refractivity (Wildman–Crippen MR) is 127 cm³/mol. The van der Waals surface area contributed by atoms with E-state index >= 15 is 0 Å². The lowest BCUT2D eigenvalue weighted by atomic mass is 9.85. The summed E-state index contributed by atoms with van der Waals surface area (Å²) in [7, 11) is 3.50. The fraction of sp³-hybridized carbons (Fsp3) is 0.375. The molecule has 0 bridgehead atoms. The maximum absolute atomic E-state index is 13.3. The van der Waals surface area contributed by atoms with E-state index in [0.717, 1.165) is 17.7 Å². The molecular formula is C24H28FN5O2S. The first-order valence-electron chi connectivity index (χ1n) is 10.9. The van der Waals surface area contributed by atoms with Gasteiger partial charge in [-0.05, 0) is 41.5 Å². The van der Waals surface area contributed by atoms with Crippen LogP contribution in [0.25, 0.3) is 0 Å². The van der Waals surface area contributed by atoms with Crippen molar-refractivity contribution in [2.45, 2.75) is 25.8 Å². The Hall–Kier alpha value is -3.20. The molecule has 1 N–H and O–H groups in total. The minimum Gasteiger partial charge on any atom is -0.366 e. The van der Waals surface area contributed by atoms with Gasteiger partial charge < -0.3 is 15.1 Å². The van der Waals surface area contributed by atoms with Crippen molar-refractivity contribution in [1.82, 2.24) is 19.6 Å². The van der Waals surface area contributed by atoms with Gasteiger partial charge in [0.1, 0.15) is 11.6 Å². The Bertz CT molecular complexity index is 1110. The summed E-state index contributed by atoms with van der Waals surface area (Å²) >= 11 is 1.45. The minimum atomic E-state index is -0.290. The summed E-state index contributed by atoms with van der Waals surface area (Å²) in [5.41, 5.74) is 2.24. The van der Waals surface area contributed by atoms with Gasteiger partial charge in [0, 0.05) is 51.1 Å². The van der Waals surface area contributed by atoms with Crippen molar-refractivity contribution in [3.63, 3.8) is 0 Å². The van der Waals surface area contributed by atoms with Crippen molar-refractivity contribution >= 4 is 29.1 Å². The topological polar surface area (TPSA) is 70.5 Å². The number of hydrogen-bond donors (Lipinski definition) is 1. The van der Waals surface area contributed by atoms with Crippen LogP contribution in [0.4, 0.5) is 15.0 Å². The number of nitrogens with one attached hydrogen (secondary N) is 1. The zero-order valence-corrected chi connectivity index (χ0v) is 19.8. The third-order valence-corrected chi connectivity index (χ3v) is 6.75. The van der Waals surface area contributed by atoms with Gasteiger partial charge in [-0.1, -0.05) is 19.1 Å². The molecule has 2 amide bonds. The van der Waals surface area contributed by atoms with Crippen molar-refractivity contribution in [3.05, 3.63) is 69.8 Å². The number of carbonyl (C=O) groups is 2. The van der Waals surface area contributed by atoms with Gasteiger partial charge in [-0.3, -0.25) is 4.79 Å². The van der Waals surface area contributed by atoms with E-state index < -0.39 is 0 Å². The van der Waals surface area contributed by atoms with Crippen LogP contribution >= 0.6 is 11.3 Å². The minimum absolute atomic E-state index is 0.0182. The second kappa shape index (κ2) is 9.74. The number of amides is 2. The molecule has 2 atom stereocenters. The van der Waals surface area contributed by atoms with E-state index in [1.165, 1.54) is 28.2 Å². The second-order valence-corrected chi connectivity index (χ2v) is 9.44. The molecule has 2 unspecified atom stereocenters. The van der Waals surface area contributed by atoms with E-state index in [2.05, 4.69) is 12.2 Å². The lowest BCUT2D eigenvalue weighted by Crippen LogP contribution is -2.46. The van der Waals surface area contributed by atoms with Gasteiger partial charge in [-0.15, -0.1) is 0 Å². The van der Waals surface area contributed by atoms with E-state index in [0.29, 0.717) is 36.9 Å². The number of aromatic nitrogens is 2. The molecule has 0 radical (unpaired) electrons. The maximum atomic E-state index is 13.3. The number of likely N-dealkylation sites (tertiary alicyclic amines) is 1. The van der Waals surface area contributed by atoms with Crippen LogP contribution in [0.5, 0.6) is 0 Å². The lowest BCUT2D eigenvalue weighted by molar-refractivity contribution is 0.0945. The van der Waals surface area contributed by atoms with Crippen LogP contribution in [0.3, 0.4) is 0 Å². The lowest BCUT2D eigenvalue weighted by Gasteiger charge is -2.37. The maximum Gasteiger partial charge on any atom is 0.319 e. The van der Waals surface area contributed by atoms with E-state index in [1.807, 2.05) is 16.3 Å². The van der Waals surface area contributed by atoms with E-state index in [1.54, 1.807) is 42.6 Å². The monoisotopic (exact) mass is 469 g/mol. The van der Waals surface area contributed by atoms with Crippen LogP contribution < -0.4 is 5.32 Å². The third kappa shape index (κ3) is 5.08. The zero-order valence-electron chi connectivity index (χ0n) is 19.0. The highest BCUT2D eigenvalue weighted by molar-refractivity contribution is 7.08. The summed E-state index contributed by atoms with van der Waals surface area (Å²) in [5, 5.41) is 11.7. The quantitative estimate of drug-likeness (QED) is 0.598. The first-order valence-corrected chi connectivity index (χ1v) is 11.9. The number of urea groups is 1. The van der Waals surface area contributed by atoms with Crippen LogP contribution in [-0.2, 0) is 6.54 Å². The SMILES string of the molecule is CC1CCN(C(=O)N(C)C)CC1c1cc(NCc2ccc(F)cc2)n(C(=O)c2ccsc2)n1. The fourth-order valence-corrected chi connectivity index (χ4v) is 4.71. The standard InChI is InChI=1S/C24H28FN5O2S/c1-16-8-10-29(24(32)28(2)3)14-20(16)21-12-22(26-13-17-4-6-19(25)7-5-17)30(27-21)23(31)18-9-11-33-15-18/h4-7,9,11-12,15-16,20,26H,8,10,13-14H2,1-3H3. The molecule has 174 valence electrons. The summed E-state index contributed by atoms with van der Waals surface area (Å²) in [5.74, 6) is 0.413. The largest absolute Gasteiger partial charge is 0.366 e. The van der Waals surface area contributed by atoms with Crippen molar-refractivity contribution in [3.8, 4) is 0 Å². The molecule has 0 spiro atoms. The van der Waals surface area contributed by atoms with Crippen molar-refractivity contribution in [2.24, 2.45) is 5.92 Å². The predicted octanol–water partition coefficient (Wildman–Crippen LogP) is 4.49. The molecule has 4 rings (SSSR count). The van der Waals surface area contributed by atoms with Gasteiger partial charge in [0.2, 0.25) is 0 Å². The number of nitrogens with zero attached hydrogens (tertiary/aromatic N) is 4. The number of piperidine rings is 1. The Kier molecular flexibility index (Phi) is 6.78. The number of hydrogen-bond acceptors (Lipinski definition) is 5. The Labute approximate surface area is 196 Å². The van der Waals surface area contributed by atoms with E-state index in [9.17, 15) is 14.0 Å². The molecule has 7 nitrogen and oxygen atoms in total. The number of anilines is 1. The van der Waals surface area contributed by atoms with Crippen LogP contribution in [0, 0.1) is 11.7 Å². The van der Waals surface area contributed by atoms with Crippen LogP contribution in [-0.4, -0.2) is 58.7 Å². The molecule has 3 heterocycles. The number of halogens is 1. The Morgan fingerprint density at radius 3 is 2.67 bits per heavy atom. The molecule has 9 heteroatoms. The van der Waals surface area contributed by atoms with Crippen LogP contribution in [0.2, 0.25) is 0 Å². The highest BCUT2D eigenvalue weighted by Crippen LogP contribution is 2.33.